The zero-order valence-electron chi connectivity index (χ0n) is 18.3. The summed E-state index contributed by atoms with van der Waals surface area (Å²) in [6, 6.07) is 21.3. The molecule has 7 nitrogen and oxygen atoms in total. The summed E-state index contributed by atoms with van der Waals surface area (Å²) in [4.78, 5) is 19.7. The van der Waals surface area contributed by atoms with Crippen molar-refractivity contribution in [3.05, 3.63) is 77.9 Å². The number of amides is 1. The lowest BCUT2D eigenvalue weighted by Crippen LogP contribution is -2.40. The molecule has 4 aromatic rings. The number of morpholine rings is 1. The van der Waals surface area contributed by atoms with E-state index in [1.54, 1.807) is 19.4 Å². The summed E-state index contributed by atoms with van der Waals surface area (Å²) >= 11 is 0. The van der Waals surface area contributed by atoms with Gasteiger partial charge in [-0.1, -0.05) is 42.5 Å². The largest absolute Gasteiger partial charge is 0.496 e. The van der Waals surface area contributed by atoms with Crippen LogP contribution >= 0.6 is 0 Å². The highest BCUT2D eigenvalue weighted by molar-refractivity contribution is 6.07. The van der Waals surface area contributed by atoms with Crippen molar-refractivity contribution in [3.8, 4) is 5.75 Å². The Morgan fingerprint density at radius 1 is 1.03 bits per heavy atom. The Bertz CT molecular complexity index is 1350. The number of benzene rings is 3. The minimum absolute atomic E-state index is 0.0231. The average Bonchev–Trinajstić information content (AvgIpc) is 2.88. The lowest BCUT2D eigenvalue weighted by Gasteiger charge is -2.27. The van der Waals surface area contributed by atoms with Crippen LogP contribution in [0.15, 0.2) is 71.8 Å². The molecule has 0 spiro atoms. The fourth-order valence-electron chi connectivity index (χ4n) is 4.10. The third kappa shape index (κ3) is 4.23. The zero-order chi connectivity index (χ0) is 22.6. The minimum Gasteiger partial charge on any atom is -0.496 e. The first kappa shape index (κ1) is 20.9. The Labute approximate surface area is 191 Å². The Morgan fingerprint density at radius 3 is 2.55 bits per heavy atom. The van der Waals surface area contributed by atoms with Crippen LogP contribution in [0.3, 0.4) is 0 Å². The summed E-state index contributed by atoms with van der Waals surface area (Å²) in [5, 5.41) is 7.30. The van der Waals surface area contributed by atoms with Crippen LogP contribution in [0.25, 0.3) is 21.7 Å². The number of hydrazone groups is 1. The highest BCUT2D eigenvalue weighted by Gasteiger charge is 2.21. The van der Waals surface area contributed by atoms with Gasteiger partial charge < -0.3 is 14.4 Å². The van der Waals surface area contributed by atoms with Crippen molar-refractivity contribution in [2.75, 3.05) is 38.8 Å². The van der Waals surface area contributed by atoms with Gasteiger partial charge in [0.15, 0.2) is 0 Å². The van der Waals surface area contributed by atoms with Crippen LogP contribution in [0, 0.1) is 0 Å². The molecule has 0 saturated carbocycles. The van der Waals surface area contributed by atoms with E-state index in [-0.39, 0.29) is 5.91 Å². The van der Waals surface area contributed by atoms with Crippen molar-refractivity contribution >= 4 is 39.6 Å². The number of carbonyl (C=O) groups is 1. The summed E-state index contributed by atoms with van der Waals surface area (Å²) < 4.78 is 10.9. The minimum atomic E-state index is -0.0231. The number of fused-ring (bicyclic) bond motifs is 2. The van der Waals surface area contributed by atoms with Gasteiger partial charge in [0.1, 0.15) is 11.6 Å². The molecule has 1 aliphatic heterocycles. The molecule has 166 valence electrons. The number of nitrogens with one attached hydrogen (secondary N) is 1. The Kier molecular flexibility index (Phi) is 5.87. The third-order valence-electron chi connectivity index (χ3n) is 5.77. The van der Waals surface area contributed by atoms with E-state index in [0.717, 1.165) is 33.0 Å². The van der Waals surface area contributed by atoms with Crippen molar-refractivity contribution < 1.29 is 14.3 Å². The molecule has 1 fully saturated rings. The SMILES string of the molecule is COc1ccc(/C=N/Nc2cc(C(=O)N3CCOCC3)c3ccccc3n2)c2ccccc12. The van der Waals surface area contributed by atoms with Gasteiger partial charge in [0.05, 0.1) is 37.6 Å². The van der Waals surface area contributed by atoms with Crippen LogP contribution in [0.5, 0.6) is 5.75 Å². The van der Waals surface area contributed by atoms with Gasteiger partial charge in [-0.05, 0) is 29.7 Å². The van der Waals surface area contributed by atoms with Crippen molar-refractivity contribution in [2.24, 2.45) is 5.10 Å². The predicted molar refractivity (Wildman–Crippen MR) is 130 cm³/mol. The first-order valence-electron chi connectivity index (χ1n) is 10.9. The fourth-order valence-corrected chi connectivity index (χ4v) is 4.10. The first-order valence-corrected chi connectivity index (χ1v) is 10.9. The van der Waals surface area contributed by atoms with Crippen molar-refractivity contribution in [1.82, 2.24) is 9.88 Å². The van der Waals surface area contributed by atoms with Crippen LogP contribution in [0.2, 0.25) is 0 Å². The summed E-state index contributed by atoms with van der Waals surface area (Å²) in [6.45, 7) is 2.28. The van der Waals surface area contributed by atoms with Crippen LogP contribution in [0.1, 0.15) is 15.9 Å². The molecule has 0 unspecified atom stereocenters. The number of rotatable bonds is 5. The number of anilines is 1. The third-order valence-corrected chi connectivity index (χ3v) is 5.77. The van der Waals surface area contributed by atoms with Crippen molar-refractivity contribution in [3.63, 3.8) is 0 Å². The second kappa shape index (κ2) is 9.26. The molecule has 1 amide bonds. The lowest BCUT2D eigenvalue weighted by molar-refractivity contribution is 0.0304. The number of nitrogens with zero attached hydrogens (tertiary/aromatic N) is 3. The molecule has 0 bridgehead atoms. The molecule has 0 atom stereocenters. The van der Waals surface area contributed by atoms with E-state index in [1.807, 2.05) is 65.6 Å². The molecule has 1 saturated heterocycles. The van der Waals surface area contributed by atoms with Gasteiger partial charge in [-0.3, -0.25) is 10.2 Å². The topological polar surface area (TPSA) is 76.0 Å². The summed E-state index contributed by atoms with van der Waals surface area (Å²) in [7, 11) is 1.66. The first-order chi connectivity index (χ1) is 16.2. The summed E-state index contributed by atoms with van der Waals surface area (Å²) in [6.07, 6.45) is 1.75. The average molecular weight is 441 g/mol. The monoisotopic (exact) mass is 440 g/mol. The molecule has 33 heavy (non-hydrogen) atoms. The molecular weight excluding hydrogens is 416 g/mol. The highest BCUT2D eigenvalue weighted by Crippen LogP contribution is 2.28. The Hall–Kier alpha value is -3.97. The lowest BCUT2D eigenvalue weighted by atomic mass is 10.0. The van der Waals surface area contributed by atoms with E-state index in [4.69, 9.17) is 9.47 Å². The van der Waals surface area contributed by atoms with E-state index in [0.29, 0.717) is 37.7 Å². The van der Waals surface area contributed by atoms with E-state index < -0.39 is 0 Å². The van der Waals surface area contributed by atoms with Gasteiger partial charge >= 0.3 is 0 Å². The van der Waals surface area contributed by atoms with Gasteiger partial charge in [-0.2, -0.15) is 5.10 Å². The molecule has 0 radical (unpaired) electrons. The smallest absolute Gasteiger partial charge is 0.254 e. The van der Waals surface area contributed by atoms with Crippen molar-refractivity contribution in [2.45, 2.75) is 0 Å². The molecule has 2 heterocycles. The summed E-state index contributed by atoms with van der Waals surface area (Å²) in [5.41, 5.74) is 5.30. The summed E-state index contributed by atoms with van der Waals surface area (Å²) in [5.74, 6) is 1.31. The Balaban J connectivity index is 1.46. The van der Waals surface area contributed by atoms with E-state index in [2.05, 4.69) is 15.5 Å². The van der Waals surface area contributed by atoms with E-state index >= 15 is 0 Å². The number of carbonyl (C=O) groups excluding carboxylic acids is 1. The maximum atomic E-state index is 13.2. The predicted octanol–water partition coefficient (Wildman–Crippen LogP) is 4.32. The van der Waals surface area contributed by atoms with Gasteiger partial charge in [-0.15, -0.1) is 0 Å². The Morgan fingerprint density at radius 2 is 1.76 bits per heavy atom. The quantitative estimate of drug-likeness (QED) is 0.370. The molecule has 3 aromatic carbocycles. The van der Waals surface area contributed by atoms with Gasteiger partial charge in [0.2, 0.25) is 0 Å². The van der Waals surface area contributed by atoms with Crippen LogP contribution < -0.4 is 10.2 Å². The second-order valence-corrected chi connectivity index (χ2v) is 7.75. The number of methoxy groups -OCH3 is 1. The normalized spacial score (nSPS) is 14.2. The van der Waals surface area contributed by atoms with Crippen LogP contribution in [-0.4, -0.2) is 55.4 Å². The number of ether oxygens (including phenoxy) is 2. The molecule has 1 aromatic heterocycles. The number of aromatic nitrogens is 1. The maximum Gasteiger partial charge on any atom is 0.254 e. The van der Waals surface area contributed by atoms with E-state index in [1.165, 1.54) is 0 Å². The number of hydrogen-bond donors (Lipinski definition) is 1. The number of hydrogen-bond acceptors (Lipinski definition) is 6. The van der Waals surface area contributed by atoms with Gasteiger partial charge in [0, 0.05) is 29.4 Å². The fraction of sp³-hybridized carbons (Fsp3) is 0.192. The second-order valence-electron chi connectivity index (χ2n) is 7.75. The molecule has 0 aliphatic carbocycles. The van der Waals surface area contributed by atoms with Crippen molar-refractivity contribution in [1.29, 1.82) is 0 Å². The number of pyridine rings is 1. The van der Waals surface area contributed by atoms with Gasteiger partial charge in [0.25, 0.3) is 5.91 Å². The van der Waals surface area contributed by atoms with Gasteiger partial charge in [-0.25, -0.2) is 4.98 Å². The molecule has 1 aliphatic rings. The van der Waals surface area contributed by atoms with E-state index in [9.17, 15) is 4.79 Å². The van der Waals surface area contributed by atoms with Crippen LogP contribution in [-0.2, 0) is 4.74 Å². The zero-order valence-corrected chi connectivity index (χ0v) is 18.3. The molecular formula is C26H24N4O3. The van der Waals surface area contributed by atoms with Crippen LogP contribution in [0.4, 0.5) is 5.82 Å². The highest BCUT2D eigenvalue weighted by atomic mass is 16.5. The molecule has 5 rings (SSSR count). The molecule has 1 N–H and O–H groups in total. The maximum absolute atomic E-state index is 13.2. The standard InChI is InChI=1S/C26H24N4O3/c1-32-24-11-10-18(19-6-2-3-8-21(19)24)17-27-29-25-16-22(20-7-4-5-9-23(20)28-25)26(31)30-12-14-33-15-13-30/h2-11,16-17H,12-15H2,1H3,(H,28,29)/b27-17+. The number of para-hydroxylation sites is 1. The molecule has 7 heteroatoms.